The molecule has 0 saturated heterocycles. The summed E-state index contributed by atoms with van der Waals surface area (Å²) in [6.07, 6.45) is 3.03. The van der Waals surface area contributed by atoms with Crippen molar-refractivity contribution < 1.29 is 9.59 Å². The van der Waals surface area contributed by atoms with Crippen molar-refractivity contribution in [1.82, 2.24) is 9.88 Å². The molecule has 0 bridgehead atoms. The molecule has 0 fully saturated rings. The average Bonchev–Trinajstić information content (AvgIpc) is 3.07. The molecule has 0 atom stereocenters. The third kappa shape index (κ3) is 4.80. The summed E-state index contributed by atoms with van der Waals surface area (Å²) in [5.74, 6) is -0.0931. The minimum Gasteiger partial charge on any atom is -0.361 e. The van der Waals surface area contributed by atoms with E-state index in [1.54, 1.807) is 11.8 Å². The largest absolute Gasteiger partial charge is 0.361 e. The van der Waals surface area contributed by atoms with Crippen LogP contribution in [0, 0.1) is 13.8 Å². The molecule has 5 nitrogen and oxygen atoms in total. The molecule has 3 rings (SSSR count). The molecule has 1 heterocycles. The van der Waals surface area contributed by atoms with Crippen molar-refractivity contribution in [3.05, 3.63) is 65.4 Å². The van der Waals surface area contributed by atoms with Gasteiger partial charge in [-0.3, -0.25) is 9.59 Å². The predicted octanol–water partition coefficient (Wildman–Crippen LogP) is 4.20. The number of nitrogens with zero attached hydrogens (tertiary/aromatic N) is 1. The van der Waals surface area contributed by atoms with Crippen LogP contribution >= 0.6 is 0 Å². The highest BCUT2D eigenvalue weighted by atomic mass is 16.2. The van der Waals surface area contributed by atoms with E-state index in [1.165, 1.54) is 10.9 Å². The van der Waals surface area contributed by atoms with Crippen LogP contribution in [0.3, 0.4) is 0 Å². The van der Waals surface area contributed by atoms with Gasteiger partial charge < -0.3 is 15.2 Å². The van der Waals surface area contributed by atoms with Crippen LogP contribution in [-0.2, 0) is 16.0 Å². The van der Waals surface area contributed by atoms with E-state index in [-0.39, 0.29) is 18.2 Å². The Hall–Kier alpha value is -3.08. The second-order valence-corrected chi connectivity index (χ2v) is 7.23. The fourth-order valence-corrected chi connectivity index (χ4v) is 3.42. The summed E-state index contributed by atoms with van der Waals surface area (Å²) in [7, 11) is 0. The fourth-order valence-electron chi connectivity index (χ4n) is 3.42. The van der Waals surface area contributed by atoms with Crippen molar-refractivity contribution in [2.45, 2.75) is 33.6 Å². The smallest absolute Gasteiger partial charge is 0.226 e. The molecule has 0 unspecified atom stereocenters. The van der Waals surface area contributed by atoms with Gasteiger partial charge in [-0.05, 0) is 43.5 Å². The van der Waals surface area contributed by atoms with Crippen LogP contribution in [0.2, 0.25) is 0 Å². The summed E-state index contributed by atoms with van der Waals surface area (Å²) < 4.78 is 0. The van der Waals surface area contributed by atoms with Crippen LogP contribution in [0.5, 0.6) is 0 Å². The number of hydrogen-bond donors (Lipinski definition) is 2. The third-order valence-corrected chi connectivity index (χ3v) is 5.04. The second-order valence-electron chi connectivity index (χ2n) is 7.23. The number of rotatable bonds is 7. The van der Waals surface area contributed by atoms with Gasteiger partial charge in [-0.2, -0.15) is 0 Å². The Kier molecular flexibility index (Phi) is 6.14. The summed E-state index contributed by atoms with van der Waals surface area (Å²) >= 11 is 0. The number of nitrogens with one attached hydrogen (secondary N) is 2. The quantitative estimate of drug-likeness (QED) is 0.648. The van der Waals surface area contributed by atoms with Gasteiger partial charge in [0.05, 0.1) is 0 Å². The molecule has 2 amide bonds. The van der Waals surface area contributed by atoms with Crippen molar-refractivity contribution >= 4 is 28.4 Å². The number of benzene rings is 2. The molecule has 146 valence electrons. The van der Waals surface area contributed by atoms with Gasteiger partial charge in [0.1, 0.15) is 0 Å². The van der Waals surface area contributed by atoms with Gasteiger partial charge in [0.25, 0.3) is 0 Å². The van der Waals surface area contributed by atoms with E-state index in [0.717, 1.165) is 28.8 Å². The van der Waals surface area contributed by atoms with Crippen molar-refractivity contribution in [3.63, 3.8) is 0 Å². The Balaban J connectivity index is 1.55. The number of amides is 2. The minimum atomic E-state index is -0.0784. The normalized spacial score (nSPS) is 10.8. The maximum atomic E-state index is 12.3. The van der Waals surface area contributed by atoms with Gasteiger partial charge in [-0.1, -0.05) is 35.9 Å². The molecule has 0 aliphatic rings. The molecule has 0 saturated carbocycles. The van der Waals surface area contributed by atoms with E-state index in [2.05, 4.69) is 16.4 Å². The molecule has 0 aliphatic heterocycles. The van der Waals surface area contributed by atoms with Crippen molar-refractivity contribution in [1.29, 1.82) is 0 Å². The van der Waals surface area contributed by atoms with E-state index in [4.69, 9.17) is 0 Å². The van der Waals surface area contributed by atoms with Crippen molar-refractivity contribution in [3.8, 4) is 0 Å². The lowest BCUT2D eigenvalue weighted by Gasteiger charge is -2.21. The Bertz CT molecular complexity index is 990. The molecule has 0 aliphatic carbocycles. The molecule has 5 heteroatoms. The van der Waals surface area contributed by atoms with Crippen LogP contribution in [0.4, 0.5) is 5.69 Å². The van der Waals surface area contributed by atoms with Crippen LogP contribution in [0.1, 0.15) is 30.0 Å². The first-order valence-electron chi connectivity index (χ1n) is 9.61. The third-order valence-electron chi connectivity index (χ3n) is 5.04. The van der Waals surface area contributed by atoms with E-state index in [1.807, 2.05) is 56.4 Å². The van der Waals surface area contributed by atoms with Gasteiger partial charge >= 0.3 is 0 Å². The topological polar surface area (TPSA) is 65.2 Å². The lowest BCUT2D eigenvalue weighted by molar-refractivity contribution is -0.129. The summed E-state index contributed by atoms with van der Waals surface area (Å²) in [6.45, 7) is 6.56. The van der Waals surface area contributed by atoms with Gasteiger partial charge in [0.2, 0.25) is 11.8 Å². The minimum absolute atomic E-state index is 0.0147. The fraction of sp³-hybridized carbons (Fsp3) is 0.304. The van der Waals surface area contributed by atoms with Crippen LogP contribution in [0.15, 0.2) is 48.7 Å². The second kappa shape index (κ2) is 8.74. The number of aromatic amines is 1. The van der Waals surface area contributed by atoms with Crippen LogP contribution in [0.25, 0.3) is 10.9 Å². The monoisotopic (exact) mass is 377 g/mol. The number of anilines is 1. The zero-order chi connectivity index (χ0) is 20.1. The van der Waals surface area contributed by atoms with Crippen LogP contribution in [-0.4, -0.2) is 34.8 Å². The van der Waals surface area contributed by atoms with E-state index in [9.17, 15) is 9.59 Å². The van der Waals surface area contributed by atoms with Gasteiger partial charge in [0, 0.05) is 49.2 Å². The maximum absolute atomic E-state index is 12.3. The number of hydrogen-bond acceptors (Lipinski definition) is 2. The van der Waals surface area contributed by atoms with Gasteiger partial charge in [-0.15, -0.1) is 0 Å². The molecular formula is C23H27N3O2. The Labute approximate surface area is 165 Å². The standard InChI is InChI=1S/C23H27N3O2/c1-16-8-9-21(17(2)14-16)25-23(28)11-13-26(18(3)27)12-10-19-15-24-22-7-5-4-6-20(19)22/h4-9,14-15,24H,10-13H2,1-3H3,(H,25,28). The van der Waals surface area contributed by atoms with Crippen molar-refractivity contribution in [2.75, 3.05) is 18.4 Å². The molecule has 28 heavy (non-hydrogen) atoms. The lowest BCUT2D eigenvalue weighted by Crippen LogP contribution is -2.33. The number of para-hydroxylation sites is 1. The van der Waals surface area contributed by atoms with Gasteiger partial charge in [-0.25, -0.2) is 0 Å². The molecule has 1 aromatic heterocycles. The molecule has 2 aromatic carbocycles. The van der Waals surface area contributed by atoms with E-state index < -0.39 is 0 Å². The maximum Gasteiger partial charge on any atom is 0.226 e. The molecular weight excluding hydrogens is 350 g/mol. The molecule has 0 spiro atoms. The first-order valence-corrected chi connectivity index (χ1v) is 9.61. The zero-order valence-electron chi connectivity index (χ0n) is 16.7. The first kappa shape index (κ1) is 19.7. The summed E-state index contributed by atoms with van der Waals surface area (Å²) in [5.41, 5.74) is 5.30. The molecule has 0 radical (unpaired) electrons. The van der Waals surface area contributed by atoms with E-state index >= 15 is 0 Å². The summed E-state index contributed by atoms with van der Waals surface area (Å²) in [4.78, 5) is 29.3. The molecule has 3 aromatic rings. The number of H-pyrrole nitrogens is 1. The lowest BCUT2D eigenvalue weighted by atomic mass is 10.1. The number of carbonyl (C=O) groups excluding carboxylic acids is 2. The summed E-state index contributed by atoms with van der Waals surface area (Å²) in [6, 6.07) is 14.1. The highest BCUT2D eigenvalue weighted by Crippen LogP contribution is 2.19. The first-order chi connectivity index (χ1) is 13.4. The molecule has 2 N–H and O–H groups in total. The Morgan fingerprint density at radius 1 is 1.07 bits per heavy atom. The van der Waals surface area contributed by atoms with Crippen LogP contribution < -0.4 is 5.32 Å². The van der Waals surface area contributed by atoms with Crippen molar-refractivity contribution in [2.24, 2.45) is 0 Å². The highest BCUT2D eigenvalue weighted by molar-refractivity contribution is 5.92. The Morgan fingerprint density at radius 2 is 1.86 bits per heavy atom. The highest BCUT2D eigenvalue weighted by Gasteiger charge is 2.13. The Morgan fingerprint density at radius 3 is 2.61 bits per heavy atom. The van der Waals surface area contributed by atoms with E-state index in [0.29, 0.717) is 13.1 Å². The number of fused-ring (bicyclic) bond motifs is 1. The van der Waals surface area contributed by atoms with Gasteiger partial charge in [0.15, 0.2) is 0 Å². The number of aryl methyl sites for hydroxylation is 2. The SMILES string of the molecule is CC(=O)N(CCC(=O)Nc1ccc(C)cc1C)CCc1c[nH]c2ccccc12. The predicted molar refractivity (Wildman–Crippen MR) is 113 cm³/mol. The number of carbonyl (C=O) groups is 2. The average molecular weight is 377 g/mol. The zero-order valence-corrected chi connectivity index (χ0v) is 16.7. The number of aromatic nitrogens is 1. The summed E-state index contributed by atoms with van der Waals surface area (Å²) in [5, 5.41) is 4.12.